The van der Waals surface area contributed by atoms with Gasteiger partial charge in [-0.3, -0.25) is 9.59 Å². The number of likely N-dealkylation sites (N-methyl/N-ethyl adjacent to an activating group) is 1. The maximum absolute atomic E-state index is 14.2. The van der Waals surface area contributed by atoms with Gasteiger partial charge in [0, 0.05) is 44.7 Å². The van der Waals surface area contributed by atoms with Gasteiger partial charge in [0.2, 0.25) is 0 Å². The van der Waals surface area contributed by atoms with Gasteiger partial charge >= 0.3 is 5.97 Å². The number of cyclic esters (lactones) is 1. The molecule has 3 aliphatic rings. The predicted molar refractivity (Wildman–Crippen MR) is 193 cm³/mol. The van der Waals surface area contributed by atoms with Crippen LogP contribution in [-0.2, 0) is 42.7 Å². The molecule has 0 amide bonds. The summed E-state index contributed by atoms with van der Waals surface area (Å²) in [5, 5.41) is 58.9. The number of esters is 1. The summed E-state index contributed by atoms with van der Waals surface area (Å²) in [4.78, 5) is 28.3. The minimum Gasteiger partial charge on any atom is -0.633 e. The molecule has 3 heterocycles. The van der Waals surface area contributed by atoms with E-state index in [9.17, 15) is 35.2 Å². The Bertz CT molecular complexity index is 1330. The van der Waals surface area contributed by atoms with Crippen molar-refractivity contribution in [1.82, 2.24) is 0 Å². The van der Waals surface area contributed by atoms with E-state index < -0.39 is 131 Å². The molecule has 15 heteroatoms. The predicted octanol–water partition coefficient (Wildman–Crippen LogP) is 2.45. The highest BCUT2D eigenvalue weighted by atomic mass is 16.7. The number of carbonyl (C=O) groups excluding carboxylic acids is 2. The molecule has 0 bridgehead atoms. The van der Waals surface area contributed by atoms with E-state index in [1.165, 1.54) is 48.9 Å². The molecule has 310 valence electrons. The Hall–Kier alpha value is -1.34. The summed E-state index contributed by atoms with van der Waals surface area (Å²) in [6.45, 7) is 15.5. The van der Waals surface area contributed by atoms with Crippen molar-refractivity contribution in [2.45, 2.75) is 179 Å². The average Bonchev–Trinajstić information content (AvgIpc) is 3.08. The van der Waals surface area contributed by atoms with E-state index in [0.29, 0.717) is 0 Å². The number of aliphatic hydroxyl groups is 4. The smallest absolute Gasteiger partial charge is 0.311 e. The lowest BCUT2D eigenvalue weighted by atomic mass is 9.74. The zero-order valence-corrected chi connectivity index (χ0v) is 33.8. The van der Waals surface area contributed by atoms with Crippen LogP contribution in [0.5, 0.6) is 0 Å². The lowest BCUT2D eigenvalue weighted by Gasteiger charge is -2.51. The molecular weight excluding hydrogens is 694 g/mol. The largest absolute Gasteiger partial charge is 0.633 e. The topological polar surface area (TPSA) is 203 Å². The Morgan fingerprint density at radius 2 is 1.55 bits per heavy atom. The molecule has 0 spiro atoms. The first kappa shape index (κ1) is 41.3. The third-order valence-electron chi connectivity index (χ3n) is 12.2. The molecule has 18 atom stereocenters. The number of hydroxylamine groups is 3. The van der Waals surface area contributed by atoms with Gasteiger partial charge in [0.15, 0.2) is 18.7 Å². The molecular formula is C38H69NO14. The van der Waals surface area contributed by atoms with Crippen LogP contribution < -0.4 is 0 Å². The third kappa shape index (κ3) is 9.80. The number of hydrogen-bond acceptors (Lipinski definition) is 14. The van der Waals surface area contributed by atoms with E-state index in [-0.39, 0.29) is 25.7 Å². The number of hydrogen-bond donors (Lipinski definition) is 4. The Labute approximate surface area is 319 Å². The zero-order valence-electron chi connectivity index (χ0n) is 36.8. The third-order valence-corrected chi connectivity index (χ3v) is 12.2. The van der Waals surface area contributed by atoms with Gasteiger partial charge in [0.1, 0.15) is 29.6 Å². The van der Waals surface area contributed by atoms with E-state index in [2.05, 4.69) is 0 Å². The average molecular weight is 767 g/mol. The molecule has 3 rings (SSSR count). The fraction of sp³-hybridized carbons (Fsp3) is 0.947. The van der Waals surface area contributed by atoms with Crippen LogP contribution in [0.1, 0.15) is 99.0 Å². The molecule has 15 nitrogen and oxygen atoms in total. The summed E-state index contributed by atoms with van der Waals surface area (Å²) in [5.74, 6) is -5.92. The highest BCUT2D eigenvalue weighted by molar-refractivity contribution is 5.83. The minimum absolute atomic E-state index is 0.00336. The zero-order chi connectivity index (χ0) is 43.1. The van der Waals surface area contributed by atoms with Crippen molar-refractivity contribution >= 4 is 11.8 Å². The quantitative estimate of drug-likeness (QED) is 0.159. The van der Waals surface area contributed by atoms with Gasteiger partial charge in [0.25, 0.3) is 0 Å². The molecule has 0 radical (unpaired) electrons. The number of Topliss-reactive ketones (excluding diaryl/α,β-unsaturated/α-hetero) is 1. The van der Waals surface area contributed by atoms with Crippen LogP contribution in [0.4, 0.5) is 0 Å². The Kier molecular flexibility index (Phi) is 13.6. The second-order valence-electron chi connectivity index (χ2n) is 17.0. The van der Waals surface area contributed by atoms with E-state index >= 15 is 0 Å². The van der Waals surface area contributed by atoms with E-state index in [1.807, 2.05) is 0 Å². The fourth-order valence-corrected chi connectivity index (χ4v) is 8.59. The molecule has 4 N–H and O–H groups in total. The Morgan fingerprint density at radius 3 is 2.09 bits per heavy atom. The minimum atomic E-state index is -3.08. The molecule has 0 aliphatic carbocycles. The van der Waals surface area contributed by atoms with Crippen molar-refractivity contribution < 1.29 is 71.9 Å². The first-order chi connectivity index (χ1) is 25.4. The summed E-state index contributed by atoms with van der Waals surface area (Å²) in [6.07, 6.45) is -12.3. The van der Waals surface area contributed by atoms with Crippen molar-refractivity contribution in [3.05, 3.63) is 5.21 Å². The van der Waals surface area contributed by atoms with Crippen molar-refractivity contribution in [2.75, 3.05) is 28.2 Å². The van der Waals surface area contributed by atoms with Gasteiger partial charge in [-0.2, -0.15) is 0 Å². The Morgan fingerprint density at radius 1 is 0.925 bits per heavy atom. The van der Waals surface area contributed by atoms with Gasteiger partial charge in [-0.15, -0.1) is 0 Å². The Balaban J connectivity index is 2.32. The van der Waals surface area contributed by atoms with Crippen molar-refractivity contribution in [3.63, 3.8) is 0 Å². The first-order valence-corrected chi connectivity index (χ1v) is 18.9. The molecule has 3 fully saturated rings. The molecule has 3 aliphatic heterocycles. The van der Waals surface area contributed by atoms with Gasteiger partial charge in [0.05, 0.1) is 65.8 Å². The molecule has 53 heavy (non-hydrogen) atoms. The summed E-state index contributed by atoms with van der Waals surface area (Å²) in [7, 11) is 1.12. The standard InChI is InChI=1S/C38H69NO14/c1-15-26-38(10,45)31(42)21(4)28(40)19(2)17-37(9,48-14)33(53-35-29(41)25(39(11,12)46)16-20(3)49-35)22(5)30(23(6)34(44)51-26)52-27-18-36(8,47-13)32(43)24(7)50-27/h19-27,29-33,35,41-43,45H,15-18H2,1-14H3/t19-,20-,21+,22+,23-,24+,25+,26-,27+,29-,30+,31-,32+,33-,35+,36-,37-,38-/m1/s1/i14D3. The molecule has 0 saturated carbocycles. The van der Waals surface area contributed by atoms with Gasteiger partial charge in [-0.05, 0) is 54.4 Å². The number of ketones is 1. The maximum atomic E-state index is 14.2. The van der Waals surface area contributed by atoms with E-state index in [4.69, 9.17) is 37.3 Å². The number of carbonyl (C=O) groups is 2. The lowest BCUT2D eigenvalue weighted by Crippen LogP contribution is -2.63. The molecule has 0 unspecified atom stereocenters. The number of quaternary nitrogens is 1. The molecule has 0 aromatic carbocycles. The summed E-state index contributed by atoms with van der Waals surface area (Å²) in [6, 6.07) is -0.912. The number of nitrogens with zero attached hydrogens (tertiary/aromatic N) is 1. The van der Waals surface area contributed by atoms with Crippen LogP contribution >= 0.6 is 0 Å². The van der Waals surface area contributed by atoms with Gasteiger partial charge in [-0.1, -0.05) is 27.7 Å². The van der Waals surface area contributed by atoms with Crippen LogP contribution in [0.15, 0.2) is 0 Å². The van der Waals surface area contributed by atoms with Crippen LogP contribution in [0.25, 0.3) is 0 Å². The number of methoxy groups -OCH3 is 2. The van der Waals surface area contributed by atoms with Crippen LogP contribution in [0, 0.1) is 28.9 Å². The number of rotatable bonds is 8. The highest BCUT2D eigenvalue weighted by Gasteiger charge is 2.54. The van der Waals surface area contributed by atoms with Crippen molar-refractivity contribution in [2.24, 2.45) is 23.7 Å². The first-order valence-electron chi connectivity index (χ1n) is 20.4. The van der Waals surface area contributed by atoms with Crippen LogP contribution in [-0.4, -0.2) is 149 Å². The number of aliphatic hydroxyl groups excluding tert-OH is 3. The van der Waals surface area contributed by atoms with Crippen LogP contribution in [0.2, 0.25) is 0 Å². The highest BCUT2D eigenvalue weighted by Crippen LogP contribution is 2.42. The van der Waals surface area contributed by atoms with Gasteiger partial charge in [-0.25, -0.2) is 0 Å². The monoisotopic (exact) mass is 766 g/mol. The molecule has 0 aromatic rings. The second-order valence-corrected chi connectivity index (χ2v) is 17.0. The van der Waals surface area contributed by atoms with Crippen molar-refractivity contribution in [3.8, 4) is 0 Å². The maximum Gasteiger partial charge on any atom is 0.311 e. The van der Waals surface area contributed by atoms with E-state index in [0.717, 1.165) is 0 Å². The SMILES string of the molecule is [2H]C([2H])([2H])O[C@]1(C)C[C@@H](C)C(=O)[C@H](C)[C@@H](O)[C@](C)(O)[C@@H](CC)OC(=O)[C@H](C)[C@@H](O[C@H]2C[C@@](C)(OC)[C@@H](O)[C@H](C)O2)[C@H](C)[C@H]1O[C@@H]1O[C@H](C)C[C@H]([N+](C)(C)[O-])[C@H]1O. The van der Waals surface area contributed by atoms with Crippen molar-refractivity contribution in [1.29, 1.82) is 0 Å². The number of ether oxygens (including phenoxy) is 7. The fourth-order valence-electron chi connectivity index (χ4n) is 8.59. The normalized spacial score (nSPS) is 49.6. The summed E-state index contributed by atoms with van der Waals surface area (Å²) in [5.41, 5.74) is -5.19. The molecule has 0 aromatic heterocycles. The molecule has 3 saturated heterocycles. The van der Waals surface area contributed by atoms with Gasteiger partial charge < -0.3 is 63.4 Å². The lowest BCUT2D eigenvalue weighted by molar-refractivity contribution is -0.874. The summed E-state index contributed by atoms with van der Waals surface area (Å²) >= 11 is 0. The van der Waals surface area contributed by atoms with E-state index in [1.54, 1.807) is 41.5 Å². The second kappa shape index (κ2) is 17.4. The summed E-state index contributed by atoms with van der Waals surface area (Å²) < 4.78 is 66.8. The van der Waals surface area contributed by atoms with Crippen LogP contribution in [0.3, 0.4) is 0 Å².